The molecule has 1 fully saturated rings. The molecule has 1 saturated carbocycles. The van der Waals surface area contributed by atoms with Crippen molar-refractivity contribution in [2.45, 2.75) is 57.5 Å². The van der Waals surface area contributed by atoms with Crippen LogP contribution in [0.5, 0.6) is 17.4 Å². The van der Waals surface area contributed by atoms with E-state index in [0.717, 1.165) is 37.7 Å². The number of amides is 1. The van der Waals surface area contributed by atoms with Crippen LogP contribution in [0.15, 0.2) is 32.9 Å². The summed E-state index contributed by atoms with van der Waals surface area (Å²) in [6.07, 6.45) is 4.67. The summed E-state index contributed by atoms with van der Waals surface area (Å²) in [5.74, 6) is 0.328. The molecule has 2 heterocycles. The molecule has 1 aliphatic heterocycles. The summed E-state index contributed by atoms with van der Waals surface area (Å²) in [7, 11) is 3.06. The number of carbonyl (C=O) groups excluding carboxylic acids is 1. The Morgan fingerprint density at radius 3 is 2.45 bits per heavy atom. The van der Waals surface area contributed by atoms with Gasteiger partial charge in [-0.15, -0.1) is 0 Å². The van der Waals surface area contributed by atoms with E-state index in [4.69, 9.17) is 9.47 Å². The number of nitrogens with zero attached hydrogens (tertiary/aromatic N) is 3. The Kier molecular flexibility index (Phi) is 6.26. The lowest BCUT2D eigenvalue weighted by molar-refractivity contribution is -0.130. The van der Waals surface area contributed by atoms with Crippen LogP contribution in [0.4, 0.5) is 0 Å². The van der Waals surface area contributed by atoms with Crippen molar-refractivity contribution in [3.8, 4) is 17.4 Å². The predicted octanol–water partition coefficient (Wildman–Crippen LogP) is 2.46. The number of aromatic nitrogens is 2. The number of hydrazone groups is 1. The molecule has 1 amide bonds. The van der Waals surface area contributed by atoms with Crippen molar-refractivity contribution in [3.63, 3.8) is 0 Å². The summed E-state index contributed by atoms with van der Waals surface area (Å²) in [6, 6.07) is 4.59. The summed E-state index contributed by atoms with van der Waals surface area (Å²) in [5.41, 5.74) is -0.452. The highest BCUT2D eigenvalue weighted by molar-refractivity contribution is 6.04. The molecule has 176 valence electrons. The van der Waals surface area contributed by atoms with Crippen molar-refractivity contribution in [2.24, 2.45) is 5.10 Å². The molecular formula is C23H28N4O6. The van der Waals surface area contributed by atoms with Gasteiger partial charge in [-0.1, -0.05) is 25.3 Å². The van der Waals surface area contributed by atoms with Crippen molar-refractivity contribution in [1.29, 1.82) is 0 Å². The Bertz CT molecular complexity index is 1210. The number of H-pyrrole nitrogens is 1. The second kappa shape index (κ2) is 9.13. The first-order valence-corrected chi connectivity index (χ1v) is 11.0. The molecule has 1 aliphatic carbocycles. The average molecular weight is 456 g/mol. The molecule has 1 aromatic heterocycles. The van der Waals surface area contributed by atoms with Crippen molar-refractivity contribution < 1.29 is 19.4 Å². The topological polar surface area (TPSA) is 126 Å². The zero-order chi connectivity index (χ0) is 23.7. The van der Waals surface area contributed by atoms with Crippen LogP contribution in [-0.4, -0.2) is 45.5 Å². The maximum Gasteiger partial charge on any atom is 0.331 e. The third-order valence-electron chi connectivity index (χ3n) is 6.37. The molecule has 33 heavy (non-hydrogen) atoms. The smallest absolute Gasteiger partial charge is 0.331 e. The second-order valence-corrected chi connectivity index (χ2v) is 8.36. The molecule has 1 aromatic carbocycles. The molecule has 0 radical (unpaired) electrons. The van der Waals surface area contributed by atoms with E-state index in [9.17, 15) is 19.5 Å². The normalized spacial score (nSPS) is 18.8. The van der Waals surface area contributed by atoms with Crippen LogP contribution in [0.1, 0.15) is 68.7 Å². The van der Waals surface area contributed by atoms with Gasteiger partial charge < -0.3 is 14.6 Å². The number of ether oxygens (including phenoxy) is 2. The second-order valence-electron chi connectivity index (χ2n) is 8.36. The Morgan fingerprint density at radius 2 is 1.82 bits per heavy atom. The number of carbonyl (C=O) groups is 1. The van der Waals surface area contributed by atoms with Crippen LogP contribution >= 0.6 is 0 Å². The van der Waals surface area contributed by atoms with Gasteiger partial charge in [-0.05, 0) is 30.5 Å². The van der Waals surface area contributed by atoms with Gasteiger partial charge >= 0.3 is 5.69 Å². The number of hydrogen-bond acceptors (Lipinski definition) is 7. The fourth-order valence-corrected chi connectivity index (χ4v) is 4.75. The van der Waals surface area contributed by atoms with Crippen LogP contribution in [-0.2, 0) is 4.79 Å². The first kappa shape index (κ1) is 22.6. The Hall–Kier alpha value is -3.56. The van der Waals surface area contributed by atoms with Gasteiger partial charge in [0.1, 0.15) is 5.56 Å². The van der Waals surface area contributed by atoms with Crippen LogP contribution in [0.2, 0.25) is 0 Å². The molecule has 10 heteroatoms. The van der Waals surface area contributed by atoms with Crippen LogP contribution in [0, 0.1) is 0 Å². The molecule has 4 rings (SSSR count). The number of methoxy groups -OCH3 is 2. The number of hydrogen-bond donors (Lipinski definition) is 2. The van der Waals surface area contributed by atoms with Crippen LogP contribution < -0.4 is 20.7 Å². The highest BCUT2D eigenvalue weighted by Gasteiger charge is 2.35. The third-order valence-corrected chi connectivity index (χ3v) is 6.37. The zero-order valence-corrected chi connectivity index (χ0v) is 19.0. The molecule has 0 unspecified atom stereocenters. The number of aromatic hydroxyl groups is 1. The highest BCUT2D eigenvalue weighted by atomic mass is 16.5. The maximum absolute atomic E-state index is 12.7. The van der Waals surface area contributed by atoms with E-state index in [2.05, 4.69) is 10.1 Å². The van der Waals surface area contributed by atoms with E-state index in [-0.39, 0.29) is 29.6 Å². The first-order chi connectivity index (χ1) is 15.8. The minimum Gasteiger partial charge on any atom is -0.494 e. The molecule has 2 N–H and O–H groups in total. The first-order valence-electron chi connectivity index (χ1n) is 11.0. The van der Waals surface area contributed by atoms with Gasteiger partial charge in [0.15, 0.2) is 11.5 Å². The Labute approximate surface area is 190 Å². The monoisotopic (exact) mass is 456 g/mol. The average Bonchev–Trinajstić information content (AvgIpc) is 3.24. The summed E-state index contributed by atoms with van der Waals surface area (Å²) in [6.45, 7) is 1.38. The lowest BCUT2D eigenvalue weighted by Crippen LogP contribution is -2.36. The van der Waals surface area contributed by atoms with Gasteiger partial charge in [0.05, 0.1) is 26.0 Å². The standard InChI is InChI=1S/C23H28N4O6/c1-13(28)27-17(14-9-10-18(32-2)19(11-14)33-3)12-16(25-27)20-21(29)24-23(31)26(22(20)30)15-7-5-4-6-8-15/h9-11,15,17,30H,4-8,12H2,1-3H3,(H,24,29,31)/t17-/m1/s1. The number of benzene rings is 1. The summed E-state index contributed by atoms with van der Waals surface area (Å²) in [4.78, 5) is 40.0. The zero-order valence-electron chi connectivity index (χ0n) is 19.0. The van der Waals surface area contributed by atoms with Gasteiger partial charge in [0, 0.05) is 19.4 Å². The SMILES string of the molecule is COc1ccc([C@H]2CC(c3c(O)n(C4CCCCC4)c(=O)[nH]c3=O)=NN2C(C)=O)cc1OC. The van der Waals surface area contributed by atoms with E-state index in [1.54, 1.807) is 18.2 Å². The Balaban J connectivity index is 1.76. The Morgan fingerprint density at radius 1 is 1.12 bits per heavy atom. The molecule has 10 nitrogen and oxygen atoms in total. The number of rotatable bonds is 5. The van der Waals surface area contributed by atoms with Crippen molar-refractivity contribution in [2.75, 3.05) is 14.2 Å². The van der Waals surface area contributed by atoms with Crippen molar-refractivity contribution >= 4 is 11.6 Å². The summed E-state index contributed by atoms with van der Waals surface area (Å²) in [5, 5.41) is 16.7. The number of aromatic amines is 1. The largest absolute Gasteiger partial charge is 0.494 e. The maximum atomic E-state index is 12.7. The van der Waals surface area contributed by atoms with Crippen molar-refractivity contribution in [1.82, 2.24) is 14.6 Å². The summed E-state index contributed by atoms with van der Waals surface area (Å²) >= 11 is 0. The van der Waals surface area contributed by atoms with Gasteiger partial charge in [0.2, 0.25) is 11.8 Å². The minimum atomic E-state index is -0.722. The third kappa shape index (κ3) is 4.12. The van der Waals surface area contributed by atoms with E-state index >= 15 is 0 Å². The molecule has 2 aromatic rings. The van der Waals surface area contributed by atoms with E-state index in [1.807, 2.05) is 0 Å². The van der Waals surface area contributed by atoms with E-state index in [0.29, 0.717) is 11.5 Å². The van der Waals surface area contributed by atoms with E-state index < -0.39 is 23.2 Å². The van der Waals surface area contributed by atoms with Crippen LogP contribution in [0.25, 0.3) is 0 Å². The van der Waals surface area contributed by atoms with Gasteiger partial charge in [0.25, 0.3) is 5.56 Å². The summed E-state index contributed by atoms with van der Waals surface area (Å²) < 4.78 is 11.9. The van der Waals surface area contributed by atoms with E-state index in [1.165, 1.54) is 30.7 Å². The lowest BCUT2D eigenvalue weighted by Gasteiger charge is -2.25. The highest BCUT2D eigenvalue weighted by Crippen LogP contribution is 2.38. The van der Waals surface area contributed by atoms with Crippen molar-refractivity contribution in [3.05, 3.63) is 50.2 Å². The minimum absolute atomic E-state index is 0.0746. The van der Waals surface area contributed by atoms with Gasteiger partial charge in [-0.3, -0.25) is 19.1 Å². The molecule has 1 atom stereocenters. The van der Waals surface area contributed by atoms with Gasteiger partial charge in [-0.2, -0.15) is 5.10 Å². The lowest BCUT2D eigenvalue weighted by atomic mass is 9.95. The number of nitrogens with one attached hydrogen (secondary N) is 1. The molecular weight excluding hydrogens is 428 g/mol. The predicted molar refractivity (Wildman–Crippen MR) is 121 cm³/mol. The molecule has 0 bridgehead atoms. The fourth-order valence-electron chi connectivity index (χ4n) is 4.75. The molecule has 2 aliphatic rings. The quantitative estimate of drug-likeness (QED) is 0.712. The van der Waals surface area contributed by atoms with Crippen LogP contribution in [0.3, 0.4) is 0 Å². The fraction of sp³-hybridized carbons (Fsp3) is 0.478. The van der Waals surface area contributed by atoms with Gasteiger partial charge in [-0.25, -0.2) is 9.80 Å². The molecule has 0 saturated heterocycles. The molecule has 0 spiro atoms.